The fourth-order valence-electron chi connectivity index (χ4n) is 2.57. The zero-order chi connectivity index (χ0) is 18.4. The fourth-order valence-corrected chi connectivity index (χ4v) is 4.30. The largest absolute Gasteiger partial charge is 0.454 e. The maximum Gasteiger partial charge on any atom is 0.280 e. The number of guanidine groups is 1. The Morgan fingerprint density at radius 1 is 1.28 bits per heavy atom. The van der Waals surface area contributed by atoms with Crippen molar-refractivity contribution in [2.24, 2.45) is 16.5 Å². The van der Waals surface area contributed by atoms with E-state index in [1.807, 2.05) is 0 Å². The quantitative estimate of drug-likeness (QED) is 0.577. The molecule has 25 heavy (non-hydrogen) atoms. The van der Waals surface area contributed by atoms with Crippen LogP contribution in [0.1, 0.15) is 21.5 Å². The van der Waals surface area contributed by atoms with Crippen LogP contribution in [0.2, 0.25) is 5.02 Å². The predicted molar refractivity (Wildman–Crippen MR) is 93.7 cm³/mol. The zero-order valence-corrected chi connectivity index (χ0v) is 14.7. The minimum absolute atomic E-state index is 0.0800. The molecule has 7 nitrogen and oxygen atoms in total. The molecule has 4 N–H and O–H groups in total. The van der Waals surface area contributed by atoms with Gasteiger partial charge in [-0.15, -0.1) is 0 Å². The molecule has 0 radical (unpaired) electrons. The first-order valence-corrected chi connectivity index (χ1v) is 9.18. The summed E-state index contributed by atoms with van der Waals surface area (Å²) in [7, 11) is -3.76. The summed E-state index contributed by atoms with van der Waals surface area (Å²) in [5, 5.41) is 0.305. The standard InChI is InChI=1S/C16H14ClN3O4S/c1-8-5-12-13(6-10(8)15(21)20-16(18)19)25(22,23)7-9-3-2-4-11(17)14(9)24-12/h2-6H,7H2,1H3,(H4,18,19,20,21). The minimum Gasteiger partial charge on any atom is -0.454 e. The molecule has 0 atom stereocenters. The molecule has 0 fully saturated rings. The van der Waals surface area contributed by atoms with Crippen LogP contribution < -0.4 is 16.2 Å². The molecule has 130 valence electrons. The molecular formula is C16H14ClN3O4S. The van der Waals surface area contributed by atoms with Crippen LogP contribution in [0.15, 0.2) is 40.2 Å². The second kappa shape index (κ2) is 6.05. The van der Waals surface area contributed by atoms with Crippen molar-refractivity contribution < 1.29 is 17.9 Å². The summed E-state index contributed by atoms with van der Waals surface area (Å²) in [5.41, 5.74) is 11.4. The number of benzene rings is 2. The third-order valence-corrected chi connectivity index (χ3v) is 5.67. The molecule has 1 aliphatic heterocycles. The van der Waals surface area contributed by atoms with Crippen molar-refractivity contribution >= 4 is 33.3 Å². The lowest BCUT2D eigenvalue weighted by atomic mass is 10.1. The predicted octanol–water partition coefficient (Wildman–Crippen LogP) is 2.14. The topological polar surface area (TPSA) is 125 Å². The SMILES string of the molecule is Cc1cc2c(cc1C(=O)N=C(N)N)S(=O)(=O)Cc1cccc(Cl)c1O2. The van der Waals surface area contributed by atoms with Crippen molar-refractivity contribution in [3.8, 4) is 11.5 Å². The van der Waals surface area contributed by atoms with Gasteiger partial charge in [0, 0.05) is 11.1 Å². The van der Waals surface area contributed by atoms with Gasteiger partial charge >= 0.3 is 0 Å². The van der Waals surface area contributed by atoms with Gasteiger partial charge in [-0.05, 0) is 30.7 Å². The van der Waals surface area contributed by atoms with Crippen LogP contribution in [0.25, 0.3) is 0 Å². The maximum absolute atomic E-state index is 12.8. The Morgan fingerprint density at radius 2 is 2.00 bits per heavy atom. The number of carbonyl (C=O) groups is 1. The number of sulfone groups is 1. The molecule has 1 heterocycles. The summed E-state index contributed by atoms with van der Waals surface area (Å²) >= 11 is 6.13. The molecule has 0 aliphatic carbocycles. The number of halogens is 1. The van der Waals surface area contributed by atoms with Crippen LogP contribution in [0.4, 0.5) is 0 Å². The Kier molecular flexibility index (Phi) is 4.18. The minimum atomic E-state index is -3.76. The molecule has 0 saturated heterocycles. The number of fused-ring (bicyclic) bond motifs is 2. The van der Waals surface area contributed by atoms with Gasteiger partial charge in [-0.25, -0.2) is 8.42 Å². The number of carbonyl (C=O) groups excluding carboxylic acids is 1. The number of nitrogens with two attached hydrogens (primary N) is 2. The Morgan fingerprint density at radius 3 is 2.68 bits per heavy atom. The molecule has 3 rings (SSSR count). The van der Waals surface area contributed by atoms with E-state index in [-0.39, 0.29) is 27.7 Å². The van der Waals surface area contributed by atoms with E-state index in [9.17, 15) is 13.2 Å². The second-order valence-corrected chi connectivity index (χ2v) is 7.91. The van der Waals surface area contributed by atoms with Gasteiger partial charge in [-0.2, -0.15) is 4.99 Å². The van der Waals surface area contributed by atoms with E-state index in [0.717, 1.165) is 0 Å². The Balaban J connectivity index is 2.23. The highest BCUT2D eigenvalue weighted by Gasteiger charge is 2.30. The van der Waals surface area contributed by atoms with Gasteiger partial charge in [-0.1, -0.05) is 23.7 Å². The van der Waals surface area contributed by atoms with Gasteiger partial charge in [0.2, 0.25) is 0 Å². The van der Waals surface area contributed by atoms with Crippen molar-refractivity contribution in [3.63, 3.8) is 0 Å². The number of aliphatic imine (C=N–C) groups is 1. The van der Waals surface area contributed by atoms with Crippen LogP contribution >= 0.6 is 11.6 Å². The fraction of sp³-hybridized carbons (Fsp3) is 0.125. The highest BCUT2D eigenvalue weighted by atomic mass is 35.5. The monoisotopic (exact) mass is 379 g/mol. The van der Waals surface area contributed by atoms with E-state index >= 15 is 0 Å². The van der Waals surface area contributed by atoms with Gasteiger partial charge in [-0.3, -0.25) is 4.79 Å². The number of aryl methyl sites for hydroxylation is 1. The van der Waals surface area contributed by atoms with Crippen LogP contribution in [-0.2, 0) is 15.6 Å². The number of amides is 1. The third kappa shape index (κ3) is 3.18. The summed E-state index contributed by atoms with van der Waals surface area (Å²) in [5.74, 6) is -1.04. The third-order valence-electron chi connectivity index (χ3n) is 3.69. The van der Waals surface area contributed by atoms with E-state index in [2.05, 4.69) is 4.99 Å². The number of hydrogen-bond donors (Lipinski definition) is 2. The van der Waals surface area contributed by atoms with E-state index < -0.39 is 21.7 Å². The molecule has 2 aromatic rings. The molecule has 0 unspecified atom stereocenters. The highest BCUT2D eigenvalue weighted by molar-refractivity contribution is 7.90. The van der Waals surface area contributed by atoms with Gasteiger partial charge < -0.3 is 16.2 Å². The molecule has 0 bridgehead atoms. The summed E-state index contributed by atoms with van der Waals surface area (Å²) in [4.78, 5) is 15.5. The van der Waals surface area contributed by atoms with Crippen molar-refractivity contribution in [3.05, 3.63) is 52.0 Å². The average molecular weight is 380 g/mol. The summed E-state index contributed by atoms with van der Waals surface area (Å²) < 4.78 is 31.3. The first-order chi connectivity index (χ1) is 11.7. The number of para-hydroxylation sites is 1. The Hall–Kier alpha value is -2.58. The number of nitrogens with zero attached hydrogens (tertiary/aromatic N) is 1. The van der Waals surface area contributed by atoms with Crippen LogP contribution in [0.3, 0.4) is 0 Å². The van der Waals surface area contributed by atoms with Crippen LogP contribution in [0.5, 0.6) is 11.5 Å². The van der Waals surface area contributed by atoms with Crippen LogP contribution in [-0.4, -0.2) is 20.3 Å². The molecular weight excluding hydrogens is 366 g/mol. The maximum atomic E-state index is 12.8. The van der Waals surface area contributed by atoms with Gasteiger partial charge in [0.05, 0.1) is 10.8 Å². The smallest absolute Gasteiger partial charge is 0.280 e. The van der Waals surface area contributed by atoms with E-state index in [0.29, 0.717) is 16.1 Å². The highest BCUT2D eigenvalue weighted by Crippen LogP contribution is 2.42. The summed E-state index contributed by atoms with van der Waals surface area (Å²) in [6, 6.07) is 7.58. The molecule has 0 aromatic heterocycles. The first-order valence-electron chi connectivity index (χ1n) is 7.15. The molecule has 2 aromatic carbocycles. The second-order valence-electron chi connectivity index (χ2n) is 5.54. The molecule has 1 amide bonds. The normalized spacial score (nSPS) is 14.5. The van der Waals surface area contributed by atoms with E-state index in [1.54, 1.807) is 25.1 Å². The van der Waals surface area contributed by atoms with Crippen molar-refractivity contribution in [1.82, 2.24) is 0 Å². The van der Waals surface area contributed by atoms with Crippen molar-refractivity contribution in [2.75, 3.05) is 0 Å². The van der Waals surface area contributed by atoms with Crippen molar-refractivity contribution in [2.45, 2.75) is 17.6 Å². The summed E-state index contributed by atoms with van der Waals surface area (Å²) in [6.45, 7) is 1.63. The van der Waals surface area contributed by atoms with Gasteiger partial charge in [0.1, 0.15) is 16.4 Å². The Bertz CT molecular complexity index is 1030. The van der Waals surface area contributed by atoms with Gasteiger partial charge in [0.15, 0.2) is 15.8 Å². The lowest BCUT2D eigenvalue weighted by molar-refractivity contribution is 0.100. The number of rotatable bonds is 1. The lowest BCUT2D eigenvalue weighted by Crippen LogP contribution is -2.24. The Labute approximate surface area is 149 Å². The molecule has 0 spiro atoms. The number of hydrogen-bond acceptors (Lipinski definition) is 4. The first kappa shape index (κ1) is 17.2. The van der Waals surface area contributed by atoms with Crippen LogP contribution in [0, 0.1) is 6.92 Å². The summed E-state index contributed by atoms with van der Waals surface area (Å²) in [6.07, 6.45) is 0. The molecule has 9 heteroatoms. The van der Waals surface area contributed by atoms with Gasteiger partial charge in [0.25, 0.3) is 5.91 Å². The molecule has 1 aliphatic rings. The number of ether oxygens (including phenoxy) is 1. The average Bonchev–Trinajstić information content (AvgIpc) is 2.59. The molecule has 0 saturated carbocycles. The zero-order valence-electron chi connectivity index (χ0n) is 13.1. The lowest BCUT2D eigenvalue weighted by Gasteiger charge is -2.12. The van der Waals surface area contributed by atoms with Crippen molar-refractivity contribution in [1.29, 1.82) is 0 Å². The van der Waals surface area contributed by atoms with E-state index in [1.165, 1.54) is 12.1 Å². The van der Waals surface area contributed by atoms with E-state index in [4.69, 9.17) is 27.8 Å².